The number of halogens is 1. The van der Waals surface area contributed by atoms with E-state index >= 15 is 0 Å². The Morgan fingerprint density at radius 2 is 1.20 bits per heavy atom. The lowest BCUT2D eigenvalue weighted by Crippen LogP contribution is -2.29. The van der Waals surface area contributed by atoms with Gasteiger partial charge in [-0.15, -0.1) is 0 Å². The van der Waals surface area contributed by atoms with Crippen LogP contribution in [0.1, 0.15) is 5.56 Å². The quantitative estimate of drug-likeness (QED) is 0.828. The van der Waals surface area contributed by atoms with Crippen LogP contribution in [0.2, 0.25) is 0 Å². The molecule has 0 spiro atoms. The molecule has 2 aromatic carbocycles. The van der Waals surface area contributed by atoms with Crippen LogP contribution in [0.15, 0.2) is 53.0 Å². The Morgan fingerprint density at radius 3 is 1.65 bits per heavy atom. The Hall–Kier alpha value is -2.14. The first-order valence-corrected chi connectivity index (χ1v) is 6.78. The summed E-state index contributed by atoms with van der Waals surface area (Å²) in [7, 11) is 0. The van der Waals surface area contributed by atoms with E-state index in [0.29, 0.717) is 11.4 Å². The number of amides is 2. The van der Waals surface area contributed by atoms with Crippen LogP contribution in [-0.2, 0) is 9.59 Å². The number of rotatable bonds is 2. The monoisotopic (exact) mass is 332 g/mol. The summed E-state index contributed by atoms with van der Waals surface area (Å²) in [5, 5.41) is 5.07. The van der Waals surface area contributed by atoms with Crippen molar-refractivity contribution in [1.29, 1.82) is 0 Å². The molecule has 0 saturated heterocycles. The first-order chi connectivity index (χ1) is 9.54. The highest BCUT2D eigenvalue weighted by Crippen LogP contribution is 2.14. The van der Waals surface area contributed by atoms with Gasteiger partial charge in [0.25, 0.3) is 0 Å². The summed E-state index contributed by atoms with van der Waals surface area (Å²) >= 11 is 3.30. The number of benzene rings is 2. The predicted molar refractivity (Wildman–Crippen MR) is 82.6 cm³/mol. The van der Waals surface area contributed by atoms with Crippen LogP contribution in [0.3, 0.4) is 0 Å². The number of aryl methyl sites for hydroxylation is 1. The molecule has 0 aliphatic heterocycles. The molecule has 20 heavy (non-hydrogen) atoms. The second kappa shape index (κ2) is 6.34. The van der Waals surface area contributed by atoms with E-state index in [2.05, 4.69) is 26.6 Å². The molecule has 0 fully saturated rings. The minimum absolute atomic E-state index is 0.567. The molecule has 5 heteroatoms. The third-order valence-electron chi connectivity index (χ3n) is 2.62. The molecule has 0 aromatic heterocycles. The number of hydrogen-bond donors (Lipinski definition) is 2. The fourth-order valence-electron chi connectivity index (χ4n) is 1.55. The van der Waals surface area contributed by atoms with Crippen LogP contribution in [0, 0.1) is 6.92 Å². The lowest BCUT2D eigenvalue weighted by Gasteiger charge is -2.06. The van der Waals surface area contributed by atoms with Gasteiger partial charge in [0.15, 0.2) is 0 Å². The van der Waals surface area contributed by atoms with Crippen LogP contribution in [0.4, 0.5) is 11.4 Å². The summed E-state index contributed by atoms with van der Waals surface area (Å²) in [4.78, 5) is 23.5. The zero-order valence-corrected chi connectivity index (χ0v) is 12.4. The molecule has 0 radical (unpaired) electrons. The molecular weight excluding hydrogens is 320 g/mol. The van der Waals surface area contributed by atoms with Gasteiger partial charge < -0.3 is 10.6 Å². The van der Waals surface area contributed by atoms with Gasteiger partial charge in [-0.25, -0.2) is 0 Å². The van der Waals surface area contributed by atoms with Crippen molar-refractivity contribution in [2.45, 2.75) is 6.92 Å². The molecule has 0 saturated carbocycles. The van der Waals surface area contributed by atoms with Crippen LogP contribution >= 0.6 is 15.9 Å². The summed E-state index contributed by atoms with van der Waals surface area (Å²) in [6.45, 7) is 1.95. The minimum Gasteiger partial charge on any atom is -0.318 e. The Labute approximate surface area is 125 Å². The van der Waals surface area contributed by atoms with Crippen LogP contribution in [0.25, 0.3) is 0 Å². The van der Waals surface area contributed by atoms with E-state index in [-0.39, 0.29) is 0 Å². The molecular formula is C15H13BrN2O2. The van der Waals surface area contributed by atoms with E-state index in [1.165, 1.54) is 0 Å². The zero-order chi connectivity index (χ0) is 14.5. The average Bonchev–Trinajstić information content (AvgIpc) is 2.44. The minimum atomic E-state index is -0.701. The van der Waals surface area contributed by atoms with Crippen LogP contribution in [0.5, 0.6) is 0 Å². The van der Waals surface area contributed by atoms with Gasteiger partial charge >= 0.3 is 11.8 Å². The molecule has 102 valence electrons. The standard InChI is InChI=1S/C15H13BrN2O2/c1-10-2-6-12(7-3-10)17-14(19)15(20)18-13-8-4-11(16)5-9-13/h2-9H,1H3,(H,17,19)(H,18,20). The second-order valence-corrected chi connectivity index (χ2v) is 5.20. The van der Waals surface area contributed by atoms with Crippen molar-refractivity contribution in [2.24, 2.45) is 0 Å². The second-order valence-electron chi connectivity index (χ2n) is 4.28. The zero-order valence-electron chi connectivity index (χ0n) is 10.8. The number of carbonyl (C=O) groups excluding carboxylic acids is 2. The van der Waals surface area contributed by atoms with Crippen molar-refractivity contribution in [1.82, 2.24) is 0 Å². The molecule has 0 aliphatic carbocycles. The smallest absolute Gasteiger partial charge is 0.314 e. The average molecular weight is 333 g/mol. The molecule has 4 nitrogen and oxygen atoms in total. The third-order valence-corrected chi connectivity index (χ3v) is 3.15. The Balaban J connectivity index is 1.96. The topological polar surface area (TPSA) is 58.2 Å². The van der Waals surface area contributed by atoms with Gasteiger partial charge in [0.1, 0.15) is 0 Å². The number of nitrogens with one attached hydrogen (secondary N) is 2. The van der Waals surface area contributed by atoms with Crippen molar-refractivity contribution < 1.29 is 9.59 Å². The molecule has 0 heterocycles. The van der Waals surface area contributed by atoms with E-state index in [1.54, 1.807) is 36.4 Å². The maximum atomic E-state index is 11.7. The summed E-state index contributed by atoms with van der Waals surface area (Å²) in [5.74, 6) is -1.40. The first kappa shape index (κ1) is 14.3. The van der Waals surface area contributed by atoms with Gasteiger partial charge in [0, 0.05) is 15.8 Å². The fraction of sp³-hybridized carbons (Fsp3) is 0.0667. The number of carbonyl (C=O) groups is 2. The SMILES string of the molecule is Cc1ccc(NC(=O)C(=O)Nc2ccc(Br)cc2)cc1. The van der Waals surface area contributed by atoms with Gasteiger partial charge in [-0.05, 0) is 43.3 Å². The molecule has 0 bridgehead atoms. The van der Waals surface area contributed by atoms with E-state index in [0.717, 1.165) is 10.0 Å². The van der Waals surface area contributed by atoms with Gasteiger partial charge in [-0.3, -0.25) is 9.59 Å². The fourth-order valence-corrected chi connectivity index (χ4v) is 1.81. The molecule has 0 atom stereocenters. The molecule has 0 unspecified atom stereocenters. The highest BCUT2D eigenvalue weighted by Gasteiger charge is 2.13. The van der Waals surface area contributed by atoms with Gasteiger partial charge in [0.2, 0.25) is 0 Å². The summed E-state index contributed by atoms with van der Waals surface area (Å²) in [6.07, 6.45) is 0. The Morgan fingerprint density at radius 1 is 0.800 bits per heavy atom. The van der Waals surface area contributed by atoms with E-state index < -0.39 is 11.8 Å². The van der Waals surface area contributed by atoms with Crippen molar-refractivity contribution in [2.75, 3.05) is 10.6 Å². The summed E-state index contributed by atoms with van der Waals surface area (Å²) < 4.78 is 0.902. The predicted octanol–water partition coefficient (Wildman–Crippen LogP) is 3.33. The van der Waals surface area contributed by atoms with Crippen molar-refractivity contribution in [3.8, 4) is 0 Å². The lowest BCUT2D eigenvalue weighted by atomic mass is 10.2. The maximum absolute atomic E-state index is 11.7. The Kier molecular flexibility index (Phi) is 4.53. The van der Waals surface area contributed by atoms with Gasteiger partial charge in [-0.2, -0.15) is 0 Å². The van der Waals surface area contributed by atoms with E-state index in [1.807, 2.05) is 19.1 Å². The summed E-state index contributed by atoms with van der Waals surface area (Å²) in [5.41, 5.74) is 2.24. The van der Waals surface area contributed by atoms with Gasteiger partial charge in [0.05, 0.1) is 0 Å². The lowest BCUT2D eigenvalue weighted by molar-refractivity contribution is -0.132. The highest BCUT2D eigenvalue weighted by molar-refractivity contribution is 9.10. The number of hydrogen-bond acceptors (Lipinski definition) is 2. The number of anilines is 2. The van der Waals surface area contributed by atoms with Crippen molar-refractivity contribution in [3.05, 3.63) is 58.6 Å². The van der Waals surface area contributed by atoms with Gasteiger partial charge in [-0.1, -0.05) is 33.6 Å². The van der Waals surface area contributed by atoms with E-state index in [9.17, 15) is 9.59 Å². The molecule has 2 N–H and O–H groups in total. The van der Waals surface area contributed by atoms with Crippen LogP contribution < -0.4 is 10.6 Å². The highest BCUT2D eigenvalue weighted by atomic mass is 79.9. The van der Waals surface area contributed by atoms with Crippen LogP contribution in [-0.4, -0.2) is 11.8 Å². The largest absolute Gasteiger partial charge is 0.318 e. The third kappa shape index (κ3) is 3.93. The van der Waals surface area contributed by atoms with E-state index in [4.69, 9.17) is 0 Å². The molecule has 2 amide bonds. The molecule has 0 aliphatic rings. The molecule has 2 aromatic rings. The first-order valence-electron chi connectivity index (χ1n) is 5.99. The maximum Gasteiger partial charge on any atom is 0.314 e. The molecule has 2 rings (SSSR count). The summed E-state index contributed by atoms with van der Waals surface area (Å²) in [6, 6.07) is 14.2. The normalized spacial score (nSPS) is 9.90. The van der Waals surface area contributed by atoms with Crippen molar-refractivity contribution in [3.63, 3.8) is 0 Å². The Bertz CT molecular complexity index is 564. The van der Waals surface area contributed by atoms with Crippen molar-refractivity contribution >= 4 is 39.1 Å².